The Labute approximate surface area is 163 Å². The summed E-state index contributed by atoms with van der Waals surface area (Å²) in [5, 5.41) is 3.16. The van der Waals surface area contributed by atoms with Gasteiger partial charge in [0.05, 0.1) is 12.3 Å². The van der Waals surface area contributed by atoms with E-state index in [-0.39, 0.29) is 11.5 Å². The number of benzene rings is 3. The third-order valence-corrected chi connectivity index (χ3v) is 4.59. The maximum absolute atomic E-state index is 12.8. The van der Waals surface area contributed by atoms with Crippen molar-refractivity contribution < 1.29 is 14.3 Å². The van der Waals surface area contributed by atoms with Gasteiger partial charge in [-0.3, -0.25) is 15.0 Å². The van der Waals surface area contributed by atoms with Gasteiger partial charge in [-0.25, -0.2) is 5.01 Å². The predicted octanol–water partition coefficient (Wildman–Crippen LogP) is 4.09. The van der Waals surface area contributed by atoms with Gasteiger partial charge >= 0.3 is 0 Å². The van der Waals surface area contributed by atoms with Crippen molar-refractivity contribution in [3.8, 4) is 5.75 Å². The minimum absolute atomic E-state index is 0.108. The smallest absolute Gasteiger partial charge is 0.282 e. The lowest BCUT2D eigenvalue weighted by Crippen LogP contribution is -2.35. The summed E-state index contributed by atoms with van der Waals surface area (Å²) in [6.45, 7) is 2.70. The van der Waals surface area contributed by atoms with Crippen LogP contribution in [0.25, 0.3) is 16.8 Å². The van der Waals surface area contributed by atoms with E-state index in [4.69, 9.17) is 4.74 Å². The van der Waals surface area contributed by atoms with Crippen molar-refractivity contribution in [3.63, 3.8) is 0 Å². The van der Waals surface area contributed by atoms with Crippen LogP contribution < -0.4 is 15.2 Å². The quantitative estimate of drug-likeness (QED) is 0.542. The van der Waals surface area contributed by atoms with Crippen molar-refractivity contribution in [3.05, 3.63) is 77.9 Å². The molecular weight excluding hydrogens is 352 g/mol. The van der Waals surface area contributed by atoms with Gasteiger partial charge in [0.1, 0.15) is 11.3 Å². The van der Waals surface area contributed by atoms with Gasteiger partial charge in [-0.1, -0.05) is 55.5 Å². The Balaban J connectivity index is 1.74. The Morgan fingerprint density at radius 1 is 0.929 bits per heavy atom. The van der Waals surface area contributed by atoms with Crippen LogP contribution in [0.1, 0.15) is 18.9 Å². The maximum Gasteiger partial charge on any atom is 0.282 e. The fourth-order valence-electron chi connectivity index (χ4n) is 3.23. The molecule has 2 amide bonds. The summed E-state index contributed by atoms with van der Waals surface area (Å²) in [6.07, 6.45) is 2.57. The third-order valence-electron chi connectivity index (χ3n) is 4.59. The first-order valence-electron chi connectivity index (χ1n) is 9.26. The fraction of sp³-hybridized carbons (Fsp3) is 0.130. The lowest BCUT2D eigenvalue weighted by atomic mass is 10.0. The van der Waals surface area contributed by atoms with Crippen LogP contribution in [0.5, 0.6) is 5.75 Å². The number of fused-ring (bicyclic) bond motifs is 1. The minimum atomic E-state index is -0.413. The number of nitrogens with zero attached hydrogens (tertiary/aromatic N) is 1. The summed E-state index contributed by atoms with van der Waals surface area (Å²) in [6, 6.07) is 20.6. The Morgan fingerprint density at radius 2 is 1.64 bits per heavy atom. The van der Waals surface area contributed by atoms with Gasteiger partial charge in [0.25, 0.3) is 11.8 Å². The van der Waals surface area contributed by atoms with Crippen molar-refractivity contribution in [2.24, 2.45) is 0 Å². The second-order valence-corrected chi connectivity index (χ2v) is 6.52. The Hall–Kier alpha value is -3.60. The molecule has 0 unspecified atom stereocenters. The molecule has 1 heterocycles. The van der Waals surface area contributed by atoms with Crippen molar-refractivity contribution in [2.45, 2.75) is 13.3 Å². The summed E-state index contributed by atoms with van der Waals surface area (Å²) < 4.78 is 5.84. The molecule has 140 valence electrons. The van der Waals surface area contributed by atoms with Gasteiger partial charge in [-0.2, -0.15) is 0 Å². The Morgan fingerprint density at radius 3 is 2.39 bits per heavy atom. The summed E-state index contributed by atoms with van der Waals surface area (Å²) >= 11 is 0. The lowest BCUT2D eigenvalue weighted by Gasteiger charge is -2.14. The van der Waals surface area contributed by atoms with Gasteiger partial charge in [0.2, 0.25) is 0 Å². The van der Waals surface area contributed by atoms with Crippen LogP contribution >= 0.6 is 0 Å². The molecule has 1 aliphatic heterocycles. The van der Waals surface area contributed by atoms with Gasteiger partial charge in [-0.15, -0.1) is 0 Å². The molecule has 0 radical (unpaired) electrons. The number of para-hydroxylation sites is 1. The molecule has 3 aromatic rings. The molecule has 0 bridgehead atoms. The molecule has 0 aliphatic carbocycles. The first-order valence-corrected chi connectivity index (χ1v) is 9.26. The van der Waals surface area contributed by atoms with Crippen molar-refractivity contribution >= 4 is 34.4 Å². The number of hydrogen-bond acceptors (Lipinski definition) is 3. The van der Waals surface area contributed by atoms with Crippen LogP contribution in [-0.2, 0) is 9.59 Å². The molecule has 4 rings (SSSR count). The van der Waals surface area contributed by atoms with Crippen LogP contribution in [0.15, 0.2) is 72.3 Å². The molecule has 0 saturated carbocycles. The molecule has 5 nitrogen and oxygen atoms in total. The van der Waals surface area contributed by atoms with Crippen LogP contribution in [0.3, 0.4) is 0 Å². The molecule has 28 heavy (non-hydrogen) atoms. The second-order valence-electron chi connectivity index (χ2n) is 6.52. The molecule has 0 spiro atoms. The van der Waals surface area contributed by atoms with Gasteiger partial charge in [0, 0.05) is 5.39 Å². The van der Waals surface area contributed by atoms with E-state index in [9.17, 15) is 9.59 Å². The first-order chi connectivity index (χ1) is 13.7. The monoisotopic (exact) mass is 372 g/mol. The molecule has 0 atom stereocenters. The molecule has 1 N–H and O–H groups in total. The topological polar surface area (TPSA) is 58.6 Å². The zero-order chi connectivity index (χ0) is 19.5. The Bertz CT molecular complexity index is 1070. The van der Waals surface area contributed by atoms with Crippen LogP contribution in [0.4, 0.5) is 5.69 Å². The molecule has 1 saturated heterocycles. The van der Waals surface area contributed by atoms with E-state index in [1.807, 2.05) is 54.6 Å². The lowest BCUT2D eigenvalue weighted by molar-refractivity contribution is -0.117. The van der Waals surface area contributed by atoms with E-state index in [2.05, 4.69) is 12.3 Å². The van der Waals surface area contributed by atoms with E-state index in [1.54, 1.807) is 18.2 Å². The van der Waals surface area contributed by atoms with Crippen LogP contribution in [-0.4, -0.2) is 18.4 Å². The van der Waals surface area contributed by atoms with Crippen LogP contribution in [0.2, 0.25) is 0 Å². The fourth-order valence-corrected chi connectivity index (χ4v) is 3.23. The number of hydrogen-bond donors (Lipinski definition) is 1. The average molecular weight is 372 g/mol. The number of amides is 2. The van der Waals surface area contributed by atoms with E-state index in [0.717, 1.165) is 28.5 Å². The number of hydrazine groups is 1. The highest BCUT2D eigenvalue weighted by Crippen LogP contribution is 2.31. The number of rotatable bonds is 5. The maximum atomic E-state index is 12.8. The van der Waals surface area contributed by atoms with E-state index in [0.29, 0.717) is 12.3 Å². The highest BCUT2D eigenvalue weighted by atomic mass is 16.5. The summed E-state index contributed by atoms with van der Waals surface area (Å²) in [7, 11) is 0. The zero-order valence-corrected chi connectivity index (χ0v) is 15.5. The summed E-state index contributed by atoms with van der Waals surface area (Å²) in [5.41, 5.74) is 4.16. The SMILES string of the molecule is CCCOc1ccc(C=C2C(=O)NN(c3ccccc3)C2=O)c2ccccc12. The third kappa shape index (κ3) is 3.22. The standard InChI is InChI=1S/C23H20N2O3/c1-2-14-28-21-13-12-16(18-10-6-7-11-19(18)21)15-20-22(26)24-25(23(20)27)17-8-4-3-5-9-17/h3-13,15H,2,14H2,1H3,(H,24,26). The minimum Gasteiger partial charge on any atom is -0.493 e. The van der Waals surface area contributed by atoms with Gasteiger partial charge < -0.3 is 4.74 Å². The largest absolute Gasteiger partial charge is 0.493 e. The summed E-state index contributed by atoms with van der Waals surface area (Å²) in [4.78, 5) is 25.3. The summed E-state index contributed by atoms with van der Waals surface area (Å²) in [5.74, 6) is 0.0172. The average Bonchev–Trinajstić information content (AvgIpc) is 3.02. The van der Waals surface area contributed by atoms with Gasteiger partial charge in [0.15, 0.2) is 0 Å². The zero-order valence-electron chi connectivity index (χ0n) is 15.5. The number of anilines is 1. The number of ether oxygens (including phenoxy) is 1. The van der Waals surface area contributed by atoms with Gasteiger partial charge in [-0.05, 0) is 41.6 Å². The van der Waals surface area contributed by atoms with Crippen LogP contribution in [0, 0.1) is 0 Å². The van der Waals surface area contributed by atoms with Crippen molar-refractivity contribution in [2.75, 3.05) is 11.6 Å². The van der Waals surface area contributed by atoms with E-state index in [1.165, 1.54) is 5.01 Å². The molecule has 0 aromatic heterocycles. The molecule has 5 heteroatoms. The Kier molecular flexibility index (Phi) is 4.81. The number of nitrogens with one attached hydrogen (secondary N) is 1. The first kappa shape index (κ1) is 17.8. The van der Waals surface area contributed by atoms with Crippen molar-refractivity contribution in [1.29, 1.82) is 0 Å². The highest BCUT2D eigenvalue weighted by Gasteiger charge is 2.34. The molecular formula is C23H20N2O3. The number of carbonyl (C=O) groups is 2. The molecule has 3 aromatic carbocycles. The van der Waals surface area contributed by atoms with Crippen molar-refractivity contribution in [1.82, 2.24) is 5.43 Å². The predicted molar refractivity (Wildman–Crippen MR) is 110 cm³/mol. The molecule has 1 aliphatic rings. The number of carbonyl (C=O) groups excluding carboxylic acids is 2. The van der Waals surface area contributed by atoms with E-state index < -0.39 is 5.91 Å². The highest BCUT2D eigenvalue weighted by molar-refractivity contribution is 6.32. The molecule has 1 fully saturated rings. The normalized spacial score (nSPS) is 15.3. The second kappa shape index (κ2) is 7.56. The van der Waals surface area contributed by atoms with E-state index >= 15 is 0 Å².